The Morgan fingerprint density at radius 3 is 3.04 bits per heavy atom. The van der Waals surface area contributed by atoms with Gasteiger partial charge in [-0.05, 0) is 49.1 Å². The predicted molar refractivity (Wildman–Crippen MR) is 115 cm³/mol. The molecule has 0 spiro atoms. The standard InChI is InChI=1S/C18H30N4S.HI/c1-14-5-4-8-22(12-14)18(19-3)20-11-15(2)21-9-6-17-16(13-21)7-10-23-17;/h7,10,14-15H,4-6,8-9,11-13H2,1-3H3,(H,19,20);1H. The number of hydrogen-bond acceptors (Lipinski definition) is 3. The van der Waals surface area contributed by atoms with Crippen molar-refractivity contribution in [2.24, 2.45) is 10.9 Å². The van der Waals surface area contributed by atoms with Gasteiger partial charge in [-0.1, -0.05) is 6.92 Å². The molecule has 1 N–H and O–H groups in total. The van der Waals surface area contributed by atoms with Crippen LogP contribution in [0.25, 0.3) is 0 Å². The van der Waals surface area contributed by atoms with E-state index in [2.05, 4.69) is 45.4 Å². The number of fused-ring (bicyclic) bond motifs is 1. The third kappa shape index (κ3) is 4.85. The van der Waals surface area contributed by atoms with Gasteiger partial charge in [-0.2, -0.15) is 0 Å². The maximum Gasteiger partial charge on any atom is 0.193 e. The number of nitrogens with one attached hydrogen (secondary N) is 1. The van der Waals surface area contributed by atoms with Crippen molar-refractivity contribution < 1.29 is 0 Å². The number of piperidine rings is 1. The van der Waals surface area contributed by atoms with E-state index in [0.29, 0.717) is 6.04 Å². The highest BCUT2D eigenvalue weighted by molar-refractivity contribution is 14.0. The average molecular weight is 462 g/mol. The summed E-state index contributed by atoms with van der Waals surface area (Å²) in [5.74, 6) is 1.86. The first-order valence-electron chi connectivity index (χ1n) is 8.92. The van der Waals surface area contributed by atoms with Crippen molar-refractivity contribution in [1.82, 2.24) is 15.1 Å². The quantitative estimate of drug-likeness (QED) is 0.424. The third-order valence-electron chi connectivity index (χ3n) is 5.18. The highest BCUT2D eigenvalue weighted by atomic mass is 127. The molecule has 1 aromatic heterocycles. The fraction of sp³-hybridized carbons (Fsp3) is 0.722. The van der Waals surface area contributed by atoms with Crippen molar-refractivity contribution in [2.45, 2.75) is 45.7 Å². The minimum absolute atomic E-state index is 0. The smallest absolute Gasteiger partial charge is 0.193 e. The van der Waals surface area contributed by atoms with Gasteiger partial charge in [-0.15, -0.1) is 35.3 Å². The molecular weight excluding hydrogens is 431 g/mol. The van der Waals surface area contributed by atoms with Crippen LogP contribution in [-0.4, -0.2) is 55.0 Å². The molecule has 136 valence electrons. The van der Waals surface area contributed by atoms with E-state index in [4.69, 9.17) is 0 Å². The van der Waals surface area contributed by atoms with E-state index in [1.54, 1.807) is 4.88 Å². The molecule has 2 aliphatic heterocycles. The summed E-state index contributed by atoms with van der Waals surface area (Å²) >= 11 is 1.91. The van der Waals surface area contributed by atoms with Crippen LogP contribution in [0.15, 0.2) is 16.4 Å². The highest BCUT2D eigenvalue weighted by Crippen LogP contribution is 2.25. The molecule has 0 aliphatic carbocycles. The van der Waals surface area contributed by atoms with Gasteiger partial charge in [-0.25, -0.2) is 0 Å². The van der Waals surface area contributed by atoms with Crippen LogP contribution in [-0.2, 0) is 13.0 Å². The van der Waals surface area contributed by atoms with Gasteiger partial charge >= 0.3 is 0 Å². The minimum atomic E-state index is 0. The molecule has 0 radical (unpaired) electrons. The van der Waals surface area contributed by atoms with Crippen molar-refractivity contribution in [2.75, 3.05) is 33.2 Å². The molecule has 24 heavy (non-hydrogen) atoms. The molecule has 0 saturated carbocycles. The van der Waals surface area contributed by atoms with E-state index in [1.165, 1.54) is 31.4 Å². The number of thiophene rings is 1. The zero-order valence-corrected chi connectivity index (χ0v) is 18.3. The first-order chi connectivity index (χ1) is 11.2. The largest absolute Gasteiger partial charge is 0.355 e. The van der Waals surface area contributed by atoms with E-state index >= 15 is 0 Å². The van der Waals surface area contributed by atoms with Gasteiger partial charge in [0.05, 0.1) is 0 Å². The van der Waals surface area contributed by atoms with Crippen LogP contribution in [0, 0.1) is 5.92 Å². The third-order valence-corrected chi connectivity index (χ3v) is 6.21. The summed E-state index contributed by atoms with van der Waals surface area (Å²) in [5, 5.41) is 5.84. The van der Waals surface area contributed by atoms with Crippen LogP contribution in [0.5, 0.6) is 0 Å². The molecule has 1 fully saturated rings. The second kappa shape index (κ2) is 9.38. The molecule has 3 heterocycles. The molecule has 0 aromatic carbocycles. The molecule has 6 heteroatoms. The van der Waals surface area contributed by atoms with E-state index in [0.717, 1.165) is 38.1 Å². The number of likely N-dealkylation sites (tertiary alicyclic amines) is 1. The second-order valence-electron chi connectivity index (χ2n) is 7.06. The van der Waals surface area contributed by atoms with Gasteiger partial charge in [-0.3, -0.25) is 9.89 Å². The molecule has 1 saturated heterocycles. The Bertz CT molecular complexity index is 545. The van der Waals surface area contributed by atoms with Gasteiger partial charge < -0.3 is 10.2 Å². The number of halogens is 1. The normalized spacial score (nSPS) is 23.4. The van der Waals surface area contributed by atoms with Crippen LogP contribution in [0.3, 0.4) is 0 Å². The Kier molecular flexibility index (Phi) is 7.81. The first-order valence-corrected chi connectivity index (χ1v) is 9.80. The van der Waals surface area contributed by atoms with Crippen molar-refractivity contribution >= 4 is 41.3 Å². The van der Waals surface area contributed by atoms with E-state index in [9.17, 15) is 0 Å². The van der Waals surface area contributed by atoms with Gasteiger partial charge in [0.2, 0.25) is 0 Å². The van der Waals surface area contributed by atoms with Crippen LogP contribution in [0.2, 0.25) is 0 Å². The zero-order chi connectivity index (χ0) is 16.2. The molecule has 2 atom stereocenters. The van der Waals surface area contributed by atoms with Crippen LogP contribution < -0.4 is 5.32 Å². The number of hydrogen-bond donors (Lipinski definition) is 1. The maximum atomic E-state index is 4.51. The summed E-state index contributed by atoms with van der Waals surface area (Å²) in [6, 6.07) is 2.82. The zero-order valence-electron chi connectivity index (χ0n) is 15.1. The summed E-state index contributed by atoms with van der Waals surface area (Å²) in [7, 11) is 1.91. The number of rotatable bonds is 3. The van der Waals surface area contributed by atoms with Crippen molar-refractivity contribution in [3.05, 3.63) is 21.9 Å². The minimum Gasteiger partial charge on any atom is -0.355 e. The fourth-order valence-electron chi connectivity index (χ4n) is 3.73. The van der Waals surface area contributed by atoms with E-state index in [1.807, 2.05) is 18.4 Å². The van der Waals surface area contributed by atoms with Crippen molar-refractivity contribution in [3.8, 4) is 0 Å². The van der Waals surface area contributed by atoms with Crippen LogP contribution in [0.4, 0.5) is 0 Å². The second-order valence-corrected chi connectivity index (χ2v) is 8.06. The van der Waals surface area contributed by atoms with Crippen LogP contribution in [0.1, 0.15) is 37.1 Å². The van der Waals surface area contributed by atoms with Gasteiger partial charge in [0, 0.05) is 50.7 Å². The Labute approximate surface area is 167 Å². The first kappa shape index (κ1) is 20.0. The molecular formula is C18H31IN4S. The van der Waals surface area contributed by atoms with Crippen LogP contribution >= 0.6 is 35.3 Å². The molecule has 4 nitrogen and oxygen atoms in total. The van der Waals surface area contributed by atoms with Crippen molar-refractivity contribution in [1.29, 1.82) is 0 Å². The Morgan fingerprint density at radius 1 is 1.46 bits per heavy atom. The SMILES string of the molecule is CN=C(NCC(C)N1CCc2sccc2C1)N1CCCC(C)C1.I. The molecule has 2 unspecified atom stereocenters. The lowest BCUT2D eigenvalue weighted by atomic mass is 10.0. The maximum absolute atomic E-state index is 4.51. The summed E-state index contributed by atoms with van der Waals surface area (Å²) in [4.78, 5) is 11.1. The molecule has 2 aliphatic rings. The van der Waals surface area contributed by atoms with Gasteiger partial charge in [0.25, 0.3) is 0 Å². The van der Waals surface area contributed by atoms with Gasteiger partial charge in [0.15, 0.2) is 5.96 Å². The van der Waals surface area contributed by atoms with Gasteiger partial charge in [0.1, 0.15) is 0 Å². The Morgan fingerprint density at radius 2 is 2.29 bits per heavy atom. The molecule has 1 aromatic rings. The summed E-state index contributed by atoms with van der Waals surface area (Å²) in [5.41, 5.74) is 1.53. The number of aliphatic imine (C=N–C) groups is 1. The summed E-state index contributed by atoms with van der Waals surface area (Å²) in [6.07, 6.45) is 3.83. The number of nitrogens with zero attached hydrogens (tertiary/aromatic N) is 3. The fourth-order valence-corrected chi connectivity index (χ4v) is 4.62. The Hall–Kier alpha value is -0.340. The summed E-state index contributed by atoms with van der Waals surface area (Å²) in [6.45, 7) is 10.2. The number of guanidine groups is 1. The predicted octanol–water partition coefficient (Wildman–Crippen LogP) is 3.42. The van der Waals surface area contributed by atoms with E-state index < -0.39 is 0 Å². The lowest BCUT2D eigenvalue weighted by Gasteiger charge is -2.36. The molecule has 3 rings (SSSR count). The van der Waals surface area contributed by atoms with E-state index in [-0.39, 0.29) is 24.0 Å². The molecule has 0 amide bonds. The summed E-state index contributed by atoms with van der Waals surface area (Å²) < 4.78 is 0. The lowest BCUT2D eigenvalue weighted by molar-refractivity contribution is 0.190. The average Bonchev–Trinajstić information content (AvgIpc) is 3.03. The Balaban J connectivity index is 0.00000208. The monoisotopic (exact) mass is 462 g/mol. The highest BCUT2D eigenvalue weighted by Gasteiger charge is 2.23. The topological polar surface area (TPSA) is 30.9 Å². The van der Waals surface area contributed by atoms with Crippen molar-refractivity contribution in [3.63, 3.8) is 0 Å². The lowest BCUT2D eigenvalue weighted by Crippen LogP contribution is -2.50. The molecule has 0 bridgehead atoms.